The Kier molecular flexibility index (Phi) is 5.49. The van der Waals surface area contributed by atoms with Crippen molar-refractivity contribution >= 4 is 23.2 Å². The van der Waals surface area contributed by atoms with Gasteiger partial charge < -0.3 is 24.4 Å². The van der Waals surface area contributed by atoms with E-state index < -0.39 is 0 Å². The fourth-order valence-electron chi connectivity index (χ4n) is 3.02. The Morgan fingerprint density at radius 2 is 1.70 bits per heavy atom. The van der Waals surface area contributed by atoms with Gasteiger partial charge in [0, 0.05) is 36.3 Å². The molecule has 0 bridgehead atoms. The summed E-state index contributed by atoms with van der Waals surface area (Å²) in [5.74, 6) is 1.36. The average molecular weight is 370 g/mol. The van der Waals surface area contributed by atoms with Crippen LogP contribution in [0.3, 0.4) is 0 Å². The SMILES string of the molecule is COc1cc(OC)cc(C(=O)Nc2ccc(N3CCCC3=O)c(OC)c2)c1. The first-order valence-corrected chi connectivity index (χ1v) is 8.58. The number of ether oxygens (including phenoxy) is 3. The van der Waals surface area contributed by atoms with Crippen molar-refractivity contribution in [1.29, 1.82) is 0 Å². The van der Waals surface area contributed by atoms with Crippen molar-refractivity contribution < 1.29 is 23.8 Å². The molecule has 0 unspecified atom stereocenters. The first kappa shape index (κ1) is 18.6. The van der Waals surface area contributed by atoms with Crippen LogP contribution in [0.1, 0.15) is 23.2 Å². The van der Waals surface area contributed by atoms with Crippen molar-refractivity contribution in [3.63, 3.8) is 0 Å². The molecule has 0 saturated carbocycles. The number of nitrogens with one attached hydrogen (secondary N) is 1. The van der Waals surface area contributed by atoms with Crippen LogP contribution in [-0.2, 0) is 4.79 Å². The maximum Gasteiger partial charge on any atom is 0.255 e. The monoisotopic (exact) mass is 370 g/mol. The van der Waals surface area contributed by atoms with E-state index in [2.05, 4.69) is 5.32 Å². The van der Waals surface area contributed by atoms with E-state index in [1.165, 1.54) is 21.3 Å². The fourth-order valence-corrected chi connectivity index (χ4v) is 3.02. The van der Waals surface area contributed by atoms with E-state index >= 15 is 0 Å². The summed E-state index contributed by atoms with van der Waals surface area (Å²) in [5, 5.41) is 2.83. The molecule has 2 amide bonds. The van der Waals surface area contributed by atoms with Gasteiger partial charge in [-0.1, -0.05) is 0 Å². The molecule has 1 heterocycles. The summed E-state index contributed by atoms with van der Waals surface area (Å²) in [4.78, 5) is 26.3. The summed E-state index contributed by atoms with van der Waals surface area (Å²) >= 11 is 0. The van der Waals surface area contributed by atoms with Crippen LogP contribution in [-0.4, -0.2) is 39.7 Å². The number of methoxy groups -OCH3 is 3. The molecule has 142 valence electrons. The van der Waals surface area contributed by atoms with Crippen molar-refractivity contribution in [1.82, 2.24) is 0 Å². The third-order valence-electron chi connectivity index (χ3n) is 4.42. The van der Waals surface area contributed by atoms with Gasteiger partial charge in [0.15, 0.2) is 0 Å². The lowest BCUT2D eigenvalue weighted by Gasteiger charge is -2.19. The Hall–Kier alpha value is -3.22. The molecule has 1 aliphatic heterocycles. The maximum atomic E-state index is 12.6. The molecule has 1 N–H and O–H groups in total. The summed E-state index contributed by atoms with van der Waals surface area (Å²) < 4.78 is 15.8. The molecule has 7 heteroatoms. The smallest absolute Gasteiger partial charge is 0.255 e. The zero-order chi connectivity index (χ0) is 19.4. The number of carbonyl (C=O) groups excluding carboxylic acids is 2. The van der Waals surface area contributed by atoms with E-state index in [9.17, 15) is 9.59 Å². The first-order chi connectivity index (χ1) is 13.0. The number of anilines is 2. The highest BCUT2D eigenvalue weighted by molar-refractivity contribution is 6.05. The van der Waals surface area contributed by atoms with Crippen LogP contribution in [0.2, 0.25) is 0 Å². The molecule has 0 spiro atoms. The highest BCUT2D eigenvalue weighted by Gasteiger charge is 2.24. The number of benzene rings is 2. The molecule has 3 rings (SSSR count). The van der Waals surface area contributed by atoms with Crippen molar-refractivity contribution in [2.45, 2.75) is 12.8 Å². The van der Waals surface area contributed by atoms with E-state index in [1.807, 2.05) is 0 Å². The summed E-state index contributed by atoms with van der Waals surface area (Å²) in [6, 6.07) is 10.2. The van der Waals surface area contributed by atoms with Gasteiger partial charge in [-0.3, -0.25) is 9.59 Å². The lowest BCUT2D eigenvalue weighted by atomic mass is 10.1. The lowest BCUT2D eigenvalue weighted by Crippen LogP contribution is -2.24. The van der Waals surface area contributed by atoms with Crippen molar-refractivity contribution in [2.24, 2.45) is 0 Å². The second kappa shape index (κ2) is 7.99. The summed E-state index contributed by atoms with van der Waals surface area (Å²) in [6.45, 7) is 0.671. The summed E-state index contributed by atoms with van der Waals surface area (Å²) in [7, 11) is 4.59. The van der Waals surface area contributed by atoms with Gasteiger partial charge in [-0.2, -0.15) is 0 Å². The van der Waals surface area contributed by atoms with Gasteiger partial charge in [-0.25, -0.2) is 0 Å². The second-order valence-corrected chi connectivity index (χ2v) is 6.09. The number of carbonyl (C=O) groups is 2. The molecule has 2 aromatic carbocycles. The zero-order valence-electron chi connectivity index (χ0n) is 15.6. The largest absolute Gasteiger partial charge is 0.497 e. The number of hydrogen-bond acceptors (Lipinski definition) is 5. The van der Waals surface area contributed by atoms with Gasteiger partial charge >= 0.3 is 0 Å². The van der Waals surface area contributed by atoms with Crippen LogP contribution in [0, 0.1) is 0 Å². The highest BCUT2D eigenvalue weighted by Crippen LogP contribution is 2.34. The Balaban J connectivity index is 1.83. The molecular formula is C20H22N2O5. The lowest BCUT2D eigenvalue weighted by molar-refractivity contribution is -0.117. The van der Waals surface area contributed by atoms with Gasteiger partial charge in [-0.15, -0.1) is 0 Å². The van der Waals surface area contributed by atoms with Crippen LogP contribution in [0.15, 0.2) is 36.4 Å². The third kappa shape index (κ3) is 3.97. The quantitative estimate of drug-likeness (QED) is 0.846. The van der Waals surface area contributed by atoms with Crippen LogP contribution in [0.5, 0.6) is 17.2 Å². The molecule has 2 aromatic rings. The molecule has 1 aliphatic rings. The minimum absolute atomic E-state index is 0.0774. The van der Waals surface area contributed by atoms with Gasteiger partial charge in [0.2, 0.25) is 5.91 Å². The van der Waals surface area contributed by atoms with E-state index in [-0.39, 0.29) is 11.8 Å². The molecule has 1 saturated heterocycles. The van der Waals surface area contributed by atoms with Crippen molar-refractivity contribution in [3.05, 3.63) is 42.0 Å². The van der Waals surface area contributed by atoms with Crippen molar-refractivity contribution in [2.75, 3.05) is 38.1 Å². The van der Waals surface area contributed by atoms with Crippen LogP contribution in [0.4, 0.5) is 11.4 Å². The topological polar surface area (TPSA) is 77.1 Å². The van der Waals surface area contributed by atoms with E-state index in [1.54, 1.807) is 41.3 Å². The van der Waals surface area contributed by atoms with Gasteiger partial charge in [0.1, 0.15) is 17.2 Å². The van der Waals surface area contributed by atoms with Gasteiger partial charge in [0.05, 0.1) is 27.0 Å². The molecule has 0 aromatic heterocycles. The maximum absolute atomic E-state index is 12.6. The standard InChI is InChI=1S/C20H22N2O5/c1-25-15-9-13(10-16(12-15)26-2)20(24)21-14-6-7-17(18(11-14)27-3)22-8-4-5-19(22)23/h6-7,9-12H,4-5,8H2,1-3H3,(H,21,24). The molecule has 0 aliphatic carbocycles. The Bertz CT molecular complexity index is 843. The van der Waals surface area contributed by atoms with Gasteiger partial charge in [-0.05, 0) is 30.7 Å². The minimum atomic E-state index is -0.306. The van der Waals surface area contributed by atoms with Crippen molar-refractivity contribution in [3.8, 4) is 17.2 Å². The normalized spacial score (nSPS) is 13.4. The molecule has 7 nitrogen and oxygen atoms in total. The predicted molar refractivity (Wildman–Crippen MR) is 102 cm³/mol. The van der Waals surface area contributed by atoms with E-state index in [0.29, 0.717) is 47.2 Å². The molecule has 27 heavy (non-hydrogen) atoms. The Labute approximate surface area is 157 Å². The predicted octanol–water partition coefficient (Wildman–Crippen LogP) is 3.09. The third-order valence-corrected chi connectivity index (χ3v) is 4.42. The number of rotatable bonds is 6. The number of amides is 2. The second-order valence-electron chi connectivity index (χ2n) is 6.09. The minimum Gasteiger partial charge on any atom is -0.497 e. The molecule has 1 fully saturated rings. The van der Waals surface area contributed by atoms with E-state index in [4.69, 9.17) is 14.2 Å². The number of nitrogens with zero attached hydrogens (tertiary/aromatic N) is 1. The molecule has 0 atom stereocenters. The van der Waals surface area contributed by atoms with Crippen LogP contribution in [0.25, 0.3) is 0 Å². The summed E-state index contributed by atoms with van der Waals surface area (Å²) in [5.41, 5.74) is 1.68. The van der Waals surface area contributed by atoms with Crippen LogP contribution >= 0.6 is 0 Å². The van der Waals surface area contributed by atoms with Crippen LogP contribution < -0.4 is 24.4 Å². The van der Waals surface area contributed by atoms with Gasteiger partial charge in [0.25, 0.3) is 5.91 Å². The highest BCUT2D eigenvalue weighted by atomic mass is 16.5. The fraction of sp³-hybridized carbons (Fsp3) is 0.300. The summed E-state index contributed by atoms with van der Waals surface area (Å²) in [6.07, 6.45) is 1.37. The Morgan fingerprint density at radius 1 is 1.00 bits per heavy atom. The number of hydrogen-bond donors (Lipinski definition) is 1. The first-order valence-electron chi connectivity index (χ1n) is 8.58. The zero-order valence-corrected chi connectivity index (χ0v) is 15.6. The Morgan fingerprint density at radius 3 is 2.26 bits per heavy atom. The molecule has 0 radical (unpaired) electrons. The van der Waals surface area contributed by atoms with E-state index in [0.717, 1.165) is 6.42 Å². The molecular weight excluding hydrogens is 348 g/mol. The average Bonchev–Trinajstić information content (AvgIpc) is 3.12.